The fourth-order valence-electron chi connectivity index (χ4n) is 2.82. The molecule has 150 valence electrons. The summed E-state index contributed by atoms with van der Waals surface area (Å²) >= 11 is 3.25. The third-order valence-electron chi connectivity index (χ3n) is 4.35. The summed E-state index contributed by atoms with van der Waals surface area (Å²) in [5.74, 6) is 0.250. The van der Waals surface area contributed by atoms with E-state index in [0.29, 0.717) is 21.2 Å². The summed E-state index contributed by atoms with van der Waals surface area (Å²) in [5, 5.41) is 22.6. The number of nitrogens with one attached hydrogen (secondary N) is 1. The molecule has 9 nitrogen and oxygen atoms in total. The number of rotatable bonds is 5. The van der Waals surface area contributed by atoms with Gasteiger partial charge < -0.3 is 10.1 Å². The van der Waals surface area contributed by atoms with Crippen molar-refractivity contribution in [1.29, 1.82) is 0 Å². The Balaban J connectivity index is 1.60. The number of aromatic nitrogens is 3. The number of amides is 1. The van der Waals surface area contributed by atoms with E-state index < -0.39 is 10.8 Å². The lowest BCUT2D eigenvalue weighted by molar-refractivity contribution is -0.384. The first-order valence-corrected chi connectivity index (χ1v) is 9.51. The van der Waals surface area contributed by atoms with Crippen LogP contribution in [0.1, 0.15) is 10.4 Å². The molecule has 0 saturated carbocycles. The summed E-state index contributed by atoms with van der Waals surface area (Å²) < 4.78 is 5.61. The second-order valence-corrected chi connectivity index (χ2v) is 7.12. The van der Waals surface area contributed by atoms with Crippen LogP contribution in [0.5, 0.6) is 5.75 Å². The molecule has 0 saturated heterocycles. The highest BCUT2D eigenvalue weighted by Gasteiger charge is 2.16. The van der Waals surface area contributed by atoms with Crippen molar-refractivity contribution in [3.63, 3.8) is 0 Å². The Morgan fingerprint density at radius 3 is 2.50 bits per heavy atom. The molecule has 10 heteroatoms. The average molecular weight is 468 g/mol. The lowest BCUT2D eigenvalue weighted by Gasteiger charge is -2.06. The molecule has 1 amide bonds. The van der Waals surface area contributed by atoms with Gasteiger partial charge in [0.15, 0.2) is 0 Å². The summed E-state index contributed by atoms with van der Waals surface area (Å²) in [6, 6.07) is 16.4. The molecule has 0 bridgehead atoms. The second kappa shape index (κ2) is 7.91. The minimum atomic E-state index is -0.549. The van der Waals surface area contributed by atoms with Crippen LogP contribution in [-0.4, -0.2) is 32.9 Å². The van der Waals surface area contributed by atoms with Crippen molar-refractivity contribution in [1.82, 2.24) is 15.0 Å². The first-order chi connectivity index (χ1) is 14.4. The maximum Gasteiger partial charge on any atom is 0.270 e. The van der Waals surface area contributed by atoms with Crippen LogP contribution in [0.4, 0.5) is 11.4 Å². The molecule has 1 heterocycles. The van der Waals surface area contributed by atoms with Gasteiger partial charge in [0.25, 0.3) is 11.6 Å². The fraction of sp³-hybridized carbons (Fsp3) is 0.0500. The Morgan fingerprint density at radius 1 is 1.07 bits per heavy atom. The van der Waals surface area contributed by atoms with E-state index in [4.69, 9.17) is 4.74 Å². The fourth-order valence-corrected chi connectivity index (χ4v) is 3.25. The molecule has 3 aromatic carbocycles. The van der Waals surface area contributed by atoms with Gasteiger partial charge in [-0.3, -0.25) is 14.9 Å². The number of ether oxygens (including phenoxy) is 1. The van der Waals surface area contributed by atoms with Crippen molar-refractivity contribution in [2.24, 2.45) is 0 Å². The van der Waals surface area contributed by atoms with Crippen LogP contribution in [0.15, 0.2) is 65.1 Å². The van der Waals surface area contributed by atoms with Crippen LogP contribution < -0.4 is 10.1 Å². The van der Waals surface area contributed by atoms with Gasteiger partial charge in [-0.1, -0.05) is 0 Å². The molecule has 1 aromatic heterocycles. The minimum absolute atomic E-state index is 0.159. The number of carbonyl (C=O) groups excluding carboxylic acids is 1. The minimum Gasteiger partial charge on any atom is -0.497 e. The van der Waals surface area contributed by atoms with Gasteiger partial charge in [0.1, 0.15) is 16.8 Å². The molecular formula is C20H14BrN5O4. The molecule has 0 atom stereocenters. The highest BCUT2D eigenvalue weighted by Crippen LogP contribution is 2.24. The molecule has 4 aromatic rings. The molecule has 0 unspecified atom stereocenters. The second-order valence-electron chi connectivity index (χ2n) is 6.27. The number of fused-ring (bicyclic) bond motifs is 1. The van der Waals surface area contributed by atoms with E-state index >= 15 is 0 Å². The summed E-state index contributed by atoms with van der Waals surface area (Å²) in [4.78, 5) is 24.5. The van der Waals surface area contributed by atoms with Crippen LogP contribution in [0.3, 0.4) is 0 Å². The first kappa shape index (κ1) is 19.5. The highest BCUT2D eigenvalue weighted by molar-refractivity contribution is 9.10. The molecule has 0 aliphatic rings. The van der Waals surface area contributed by atoms with Crippen molar-refractivity contribution < 1.29 is 14.5 Å². The van der Waals surface area contributed by atoms with Gasteiger partial charge >= 0.3 is 0 Å². The zero-order valence-electron chi connectivity index (χ0n) is 15.6. The summed E-state index contributed by atoms with van der Waals surface area (Å²) in [5.41, 5.74) is 2.49. The summed E-state index contributed by atoms with van der Waals surface area (Å²) in [6.45, 7) is 0. The van der Waals surface area contributed by atoms with E-state index in [0.717, 1.165) is 11.4 Å². The SMILES string of the molecule is COc1ccc(-n2nc3ccc(NC(=O)c4cc([N+](=O)[O-])ccc4Br)cc3n2)cc1. The van der Waals surface area contributed by atoms with Crippen molar-refractivity contribution in [2.75, 3.05) is 12.4 Å². The normalized spacial score (nSPS) is 10.7. The number of nitrogens with zero attached hydrogens (tertiary/aromatic N) is 4. The van der Waals surface area contributed by atoms with E-state index in [2.05, 4.69) is 31.4 Å². The van der Waals surface area contributed by atoms with Crippen LogP contribution in [0, 0.1) is 10.1 Å². The van der Waals surface area contributed by atoms with E-state index in [1.807, 2.05) is 24.3 Å². The zero-order chi connectivity index (χ0) is 21.3. The number of non-ortho nitro benzene ring substituents is 1. The Morgan fingerprint density at radius 2 is 1.80 bits per heavy atom. The molecule has 0 spiro atoms. The monoisotopic (exact) mass is 467 g/mol. The molecule has 4 rings (SSSR count). The highest BCUT2D eigenvalue weighted by atomic mass is 79.9. The van der Waals surface area contributed by atoms with Crippen LogP contribution in [0.25, 0.3) is 16.7 Å². The average Bonchev–Trinajstić information content (AvgIpc) is 3.17. The van der Waals surface area contributed by atoms with Crippen molar-refractivity contribution in [3.05, 3.63) is 80.8 Å². The lowest BCUT2D eigenvalue weighted by Crippen LogP contribution is -2.12. The number of methoxy groups -OCH3 is 1. The molecule has 0 aliphatic heterocycles. The Labute approximate surface area is 178 Å². The zero-order valence-corrected chi connectivity index (χ0v) is 17.2. The lowest BCUT2D eigenvalue weighted by atomic mass is 10.2. The third kappa shape index (κ3) is 3.85. The van der Waals surface area contributed by atoms with Crippen molar-refractivity contribution >= 4 is 44.2 Å². The number of halogens is 1. The van der Waals surface area contributed by atoms with E-state index in [9.17, 15) is 14.9 Å². The topological polar surface area (TPSA) is 112 Å². The van der Waals surface area contributed by atoms with Crippen LogP contribution >= 0.6 is 15.9 Å². The van der Waals surface area contributed by atoms with E-state index in [1.165, 1.54) is 23.0 Å². The number of anilines is 1. The van der Waals surface area contributed by atoms with Crippen LogP contribution in [-0.2, 0) is 0 Å². The first-order valence-electron chi connectivity index (χ1n) is 8.71. The Hall–Kier alpha value is -3.79. The van der Waals surface area contributed by atoms with Gasteiger partial charge in [-0.05, 0) is 64.5 Å². The standard InChI is InChI=1S/C20H14BrN5O4/c1-30-15-6-3-13(4-7-15)25-23-18-9-2-12(10-19(18)24-25)22-20(27)16-11-14(26(28)29)5-8-17(16)21/h2-11H,1H3,(H,22,27). The number of hydrogen-bond acceptors (Lipinski definition) is 6. The van der Waals surface area contributed by atoms with Gasteiger partial charge in [-0.25, -0.2) is 0 Å². The summed E-state index contributed by atoms with van der Waals surface area (Å²) in [6.07, 6.45) is 0. The van der Waals surface area contributed by atoms with E-state index in [1.54, 1.807) is 25.3 Å². The Kier molecular flexibility index (Phi) is 5.15. The molecular weight excluding hydrogens is 454 g/mol. The van der Waals surface area contributed by atoms with Gasteiger partial charge in [-0.2, -0.15) is 4.80 Å². The maximum absolute atomic E-state index is 12.6. The van der Waals surface area contributed by atoms with Crippen molar-refractivity contribution in [2.45, 2.75) is 0 Å². The van der Waals surface area contributed by atoms with Gasteiger partial charge in [0, 0.05) is 22.3 Å². The number of benzene rings is 3. The largest absolute Gasteiger partial charge is 0.497 e. The summed E-state index contributed by atoms with van der Waals surface area (Å²) in [7, 11) is 1.59. The van der Waals surface area contributed by atoms with Crippen LogP contribution in [0.2, 0.25) is 0 Å². The van der Waals surface area contributed by atoms with Gasteiger partial charge in [0.05, 0.1) is 23.3 Å². The number of nitro groups is 1. The molecule has 0 radical (unpaired) electrons. The predicted octanol–water partition coefficient (Wildman–Crippen LogP) is 4.35. The smallest absolute Gasteiger partial charge is 0.270 e. The number of hydrogen-bond donors (Lipinski definition) is 1. The third-order valence-corrected chi connectivity index (χ3v) is 5.04. The predicted molar refractivity (Wildman–Crippen MR) is 114 cm³/mol. The quantitative estimate of drug-likeness (QED) is 0.344. The van der Waals surface area contributed by atoms with Gasteiger partial charge in [0.2, 0.25) is 0 Å². The molecule has 1 N–H and O–H groups in total. The number of nitro benzene ring substituents is 1. The van der Waals surface area contributed by atoms with E-state index in [-0.39, 0.29) is 11.3 Å². The number of carbonyl (C=O) groups is 1. The molecule has 0 fully saturated rings. The maximum atomic E-state index is 12.6. The molecule has 30 heavy (non-hydrogen) atoms. The van der Waals surface area contributed by atoms with Crippen molar-refractivity contribution in [3.8, 4) is 11.4 Å². The molecule has 0 aliphatic carbocycles. The van der Waals surface area contributed by atoms with Gasteiger partial charge in [-0.15, -0.1) is 10.2 Å². The Bertz CT molecular complexity index is 1270.